The first-order valence-corrected chi connectivity index (χ1v) is 9.10. The fraction of sp³-hybridized carbons (Fsp3) is 0.450. The van der Waals surface area contributed by atoms with E-state index in [4.69, 9.17) is 0 Å². The Bertz CT molecular complexity index is 900. The minimum Gasteiger partial charge on any atom is -0.507 e. The second kappa shape index (κ2) is 7.32. The van der Waals surface area contributed by atoms with Gasteiger partial charge in [0.15, 0.2) is 0 Å². The van der Waals surface area contributed by atoms with Crippen molar-refractivity contribution in [3.8, 4) is 5.75 Å². The van der Waals surface area contributed by atoms with Crippen molar-refractivity contribution < 1.29 is 9.90 Å². The number of aryl methyl sites for hydroxylation is 1. The van der Waals surface area contributed by atoms with E-state index >= 15 is 0 Å². The Labute approximate surface area is 152 Å². The monoisotopic (exact) mass is 355 g/mol. The lowest BCUT2D eigenvalue weighted by molar-refractivity contribution is 0.102. The molecule has 6 nitrogen and oxygen atoms in total. The number of pyridine rings is 2. The van der Waals surface area contributed by atoms with Gasteiger partial charge in [-0.1, -0.05) is 19.9 Å². The fourth-order valence-corrected chi connectivity index (χ4v) is 3.50. The van der Waals surface area contributed by atoms with Gasteiger partial charge in [0.1, 0.15) is 17.1 Å². The number of carbonyl (C=O) groups is 1. The minimum absolute atomic E-state index is 0.171. The molecule has 0 radical (unpaired) electrons. The number of aromatic nitrogens is 2. The third kappa shape index (κ3) is 3.36. The van der Waals surface area contributed by atoms with Crippen molar-refractivity contribution in [1.82, 2.24) is 9.55 Å². The smallest absolute Gasteiger partial charge is 0.267 e. The van der Waals surface area contributed by atoms with Crippen LogP contribution in [0, 0.1) is 12.8 Å². The Morgan fingerprint density at radius 1 is 1.35 bits per heavy atom. The largest absolute Gasteiger partial charge is 0.507 e. The summed E-state index contributed by atoms with van der Waals surface area (Å²) in [7, 11) is 0. The molecule has 2 heterocycles. The van der Waals surface area contributed by atoms with Crippen LogP contribution in [0.1, 0.15) is 53.9 Å². The molecular weight excluding hydrogens is 330 g/mol. The van der Waals surface area contributed by atoms with E-state index in [1.54, 1.807) is 16.8 Å². The summed E-state index contributed by atoms with van der Waals surface area (Å²) in [5, 5.41) is 13.4. The Balaban J connectivity index is 2.10. The number of nitrogens with one attached hydrogen (secondary N) is 1. The van der Waals surface area contributed by atoms with Gasteiger partial charge in [-0.15, -0.1) is 0 Å². The van der Waals surface area contributed by atoms with E-state index in [9.17, 15) is 14.7 Å². The van der Waals surface area contributed by atoms with Crippen LogP contribution in [-0.2, 0) is 19.4 Å². The zero-order valence-electron chi connectivity index (χ0n) is 15.5. The SMILES string of the molecule is Cc1cccnc1NC(=O)c1c(O)c2c(n(CC(C)C)c1=O)CCCC2. The molecule has 0 aliphatic heterocycles. The predicted molar refractivity (Wildman–Crippen MR) is 101 cm³/mol. The molecule has 0 bridgehead atoms. The molecule has 0 aromatic carbocycles. The lowest BCUT2D eigenvalue weighted by atomic mass is 9.92. The summed E-state index contributed by atoms with van der Waals surface area (Å²) in [5.74, 6) is -0.127. The maximum Gasteiger partial charge on any atom is 0.267 e. The third-order valence-corrected chi connectivity index (χ3v) is 4.76. The number of amides is 1. The molecule has 1 aliphatic rings. The number of hydrogen-bond donors (Lipinski definition) is 2. The molecule has 2 N–H and O–H groups in total. The second-order valence-corrected chi connectivity index (χ2v) is 7.29. The lowest BCUT2D eigenvalue weighted by Crippen LogP contribution is -2.34. The van der Waals surface area contributed by atoms with E-state index in [0.29, 0.717) is 18.8 Å². The number of rotatable bonds is 4. The van der Waals surface area contributed by atoms with Gasteiger partial charge >= 0.3 is 0 Å². The first kappa shape index (κ1) is 18.2. The molecular formula is C20H25N3O3. The molecule has 26 heavy (non-hydrogen) atoms. The van der Waals surface area contributed by atoms with Crippen molar-refractivity contribution in [2.45, 2.75) is 53.0 Å². The quantitative estimate of drug-likeness (QED) is 0.883. The molecule has 2 aromatic heterocycles. The van der Waals surface area contributed by atoms with Crippen LogP contribution in [-0.4, -0.2) is 20.6 Å². The summed E-state index contributed by atoms with van der Waals surface area (Å²) >= 11 is 0. The van der Waals surface area contributed by atoms with Gasteiger partial charge in [0.2, 0.25) is 0 Å². The van der Waals surface area contributed by atoms with E-state index < -0.39 is 11.5 Å². The van der Waals surface area contributed by atoms with Crippen molar-refractivity contribution in [2.75, 3.05) is 5.32 Å². The number of carbonyl (C=O) groups excluding carboxylic acids is 1. The summed E-state index contributed by atoms with van der Waals surface area (Å²) in [6, 6.07) is 3.60. The van der Waals surface area contributed by atoms with Gasteiger partial charge in [0.05, 0.1) is 0 Å². The van der Waals surface area contributed by atoms with Crippen LogP contribution >= 0.6 is 0 Å². The van der Waals surface area contributed by atoms with Gasteiger partial charge in [-0.25, -0.2) is 4.98 Å². The van der Waals surface area contributed by atoms with Crippen LogP contribution < -0.4 is 10.9 Å². The Kier molecular flexibility index (Phi) is 5.11. The van der Waals surface area contributed by atoms with Gasteiger partial charge in [-0.2, -0.15) is 0 Å². The Morgan fingerprint density at radius 3 is 2.77 bits per heavy atom. The van der Waals surface area contributed by atoms with Gasteiger partial charge in [-0.3, -0.25) is 9.59 Å². The molecule has 1 aliphatic carbocycles. The maximum atomic E-state index is 13.0. The molecule has 6 heteroatoms. The zero-order chi connectivity index (χ0) is 18.8. The Hall–Kier alpha value is -2.63. The summed E-state index contributed by atoms with van der Waals surface area (Å²) in [6.07, 6.45) is 4.95. The molecule has 0 fully saturated rings. The van der Waals surface area contributed by atoms with E-state index in [1.807, 2.05) is 26.8 Å². The third-order valence-electron chi connectivity index (χ3n) is 4.76. The Morgan fingerprint density at radius 2 is 2.08 bits per heavy atom. The average molecular weight is 355 g/mol. The van der Waals surface area contributed by atoms with Crippen LogP contribution in [0.4, 0.5) is 5.82 Å². The topological polar surface area (TPSA) is 84.2 Å². The van der Waals surface area contributed by atoms with E-state index in [1.165, 1.54) is 0 Å². The lowest BCUT2D eigenvalue weighted by Gasteiger charge is -2.24. The van der Waals surface area contributed by atoms with Crippen molar-refractivity contribution in [3.05, 3.63) is 51.1 Å². The van der Waals surface area contributed by atoms with Crippen molar-refractivity contribution in [1.29, 1.82) is 0 Å². The summed E-state index contributed by atoms with van der Waals surface area (Å²) in [5.41, 5.74) is 1.79. The molecule has 0 saturated carbocycles. The van der Waals surface area contributed by atoms with Crippen LogP contribution in [0.2, 0.25) is 0 Å². The molecule has 0 atom stereocenters. The number of nitrogens with zero attached hydrogens (tertiary/aromatic N) is 2. The van der Waals surface area contributed by atoms with Gasteiger partial charge in [0, 0.05) is 24.0 Å². The molecule has 0 unspecified atom stereocenters. The van der Waals surface area contributed by atoms with Crippen LogP contribution in [0.25, 0.3) is 0 Å². The molecule has 0 spiro atoms. The summed E-state index contributed by atoms with van der Waals surface area (Å²) < 4.78 is 1.68. The molecule has 2 aromatic rings. The van der Waals surface area contributed by atoms with E-state index in [0.717, 1.165) is 36.1 Å². The molecule has 1 amide bonds. The summed E-state index contributed by atoms with van der Waals surface area (Å²) in [6.45, 7) is 6.42. The standard InChI is InChI=1S/C20H25N3O3/c1-12(2)11-23-15-9-5-4-8-14(15)17(24)16(20(23)26)19(25)22-18-13(3)7-6-10-21-18/h6-7,10,12,24H,4-5,8-9,11H2,1-3H3,(H,21,22,25). The van der Waals surface area contributed by atoms with Crippen LogP contribution in [0.5, 0.6) is 5.75 Å². The van der Waals surface area contributed by atoms with Gasteiger partial charge in [0.25, 0.3) is 11.5 Å². The first-order valence-electron chi connectivity index (χ1n) is 9.10. The fourth-order valence-electron chi connectivity index (χ4n) is 3.50. The maximum absolute atomic E-state index is 13.0. The second-order valence-electron chi connectivity index (χ2n) is 7.29. The van der Waals surface area contributed by atoms with Crippen LogP contribution in [0.15, 0.2) is 23.1 Å². The van der Waals surface area contributed by atoms with Crippen molar-refractivity contribution in [2.24, 2.45) is 5.92 Å². The van der Waals surface area contributed by atoms with Crippen molar-refractivity contribution >= 4 is 11.7 Å². The highest BCUT2D eigenvalue weighted by molar-refractivity contribution is 6.06. The average Bonchev–Trinajstić information content (AvgIpc) is 2.60. The van der Waals surface area contributed by atoms with Crippen molar-refractivity contribution in [3.63, 3.8) is 0 Å². The predicted octanol–water partition coefficient (Wildman–Crippen LogP) is 3.04. The molecule has 0 saturated heterocycles. The number of fused-ring (bicyclic) bond motifs is 1. The van der Waals surface area contributed by atoms with Crippen LogP contribution in [0.3, 0.4) is 0 Å². The first-order chi connectivity index (χ1) is 12.4. The number of hydrogen-bond acceptors (Lipinski definition) is 4. The highest BCUT2D eigenvalue weighted by Crippen LogP contribution is 2.31. The van der Waals surface area contributed by atoms with Gasteiger partial charge in [-0.05, 0) is 50.2 Å². The van der Waals surface area contributed by atoms with E-state index in [-0.39, 0.29) is 17.2 Å². The summed E-state index contributed by atoms with van der Waals surface area (Å²) in [4.78, 5) is 30.0. The van der Waals surface area contributed by atoms with Gasteiger partial charge < -0.3 is 15.0 Å². The normalized spacial score (nSPS) is 13.5. The van der Waals surface area contributed by atoms with E-state index in [2.05, 4.69) is 10.3 Å². The number of aromatic hydroxyl groups is 1. The molecule has 3 rings (SSSR count). The minimum atomic E-state index is -0.611. The zero-order valence-corrected chi connectivity index (χ0v) is 15.5. The highest BCUT2D eigenvalue weighted by Gasteiger charge is 2.27. The molecule has 138 valence electrons. The highest BCUT2D eigenvalue weighted by atomic mass is 16.3. The number of anilines is 1.